The minimum atomic E-state index is -0.588. The second kappa shape index (κ2) is 6.72. The van der Waals surface area contributed by atoms with Gasteiger partial charge in [-0.15, -0.1) is 0 Å². The summed E-state index contributed by atoms with van der Waals surface area (Å²) in [4.78, 5) is 33.4. The highest BCUT2D eigenvalue weighted by Gasteiger charge is 2.16. The third-order valence-electron chi connectivity index (χ3n) is 2.26. The Hall–Kier alpha value is -2.34. The van der Waals surface area contributed by atoms with E-state index in [1.54, 1.807) is 0 Å². The molecular formula is C13H13ClN2O4. The number of aldehydes is 1. The number of rotatable bonds is 5. The molecule has 7 heteroatoms. The van der Waals surface area contributed by atoms with Gasteiger partial charge in [0, 0.05) is 13.0 Å². The van der Waals surface area contributed by atoms with Crippen LogP contribution < -0.4 is 15.4 Å². The number of hydrogen-bond donors (Lipinski definition) is 2. The summed E-state index contributed by atoms with van der Waals surface area (Å²) in [7, 11) is 1.37. The van der Waals surface area contributed by atoms with Gasteiger partial charge in [-0.25, -0.2) is 0 Å². The number of carbonyl (C=O) groups excluding carboxylic acids is 3. The fourth-order valence-corrected chi connectivity index (χ4v) is 1.64. The lowest BCUT2D eigenvalue weighted by atomic mass is 10.1. The molecule has 0 aromatic heterocycles. The van der Waals surface area contributed by atoms with Gasteiger partial charge in [0.15, 0.2) is 6.29 Å². The molecule has 6 nitrogen and oxygen atoms in total. The molecule has 0 fully saturated rings. The number of halogens is 1. The average molecular weight is 297 g/mol. The molecule has 0 aliphatic heterocycles. The van der Waals surface area contributed by atoms with Crippen LogP contribution in [0.2, 0.25) is 5.02 Å². The summed E-state index contributed by atoms with van der Waals surface area (Å²) in [6.07, 6.45) is 0.414. The van der Waals surface area contributed by atoms with Crippen molar-refractivity contribution in [3.05, 3.63) is 35.0 Å². The fraction of sp³-hybridized carbons (Fsp3) is 0.154. The summed E-state index contributed by atoms with van der Waals surface area (Å²) in [5, 5.41) is 4.96. The Kier molecular flexibility index (Phi) is 5.28. The molecule has 0 aliphatic rings. The highest BCUT2D eigenvalue weighted by atomic mass is 35.5. The second-order valence-corrected chi connectivity index (χ2v) is 4.22. The molecule has 2 amide bonds. The Labute approximate surface area is 120 Å². The van der Waals surface area contributed by atoms with Gasteiger partial charge in [0.05, 0.1) is 29.1 Å². The maximum atomic E-state index is 11.9. The van der Waals surface area contributed by atoms with E-state index in [1.165, 1.54) is 26.2 Å². The van der Waals surface area contributed by atoms with Crippen LogP contribution in [0.3, 0.4) is 0 Å². The van der Waals surface area contributed by atoms with Crippen LogP contribution in [0.15, 0.2) is 24.4 Å². The number of benzene rings is 1. The molecule has 0 radical (unpaired) electrons. The number of nitrogens with one attached hydrogen (secondary N) is 2. The van der Waals surface area contributed by atoms with Crippen molar-refractivity contribution >= 4 is 35.4 Å². The zero-order valence-electron chi connectivity index (χ0n) is 11.0. The number of allylic oxidation sites excluding steroid dienone is 1. The molecule has 0 unspecified atom stereocenters. The van der Waals surface area contributed by atoms with Crippen LogP contribution in [-0.2, 0) is 9.59 Å². The third kappa shape index (κ3) is 3.83. The average Bonchev–Trinajstić information content (AvgIpc) is 2.39. The summed E-state index contributed by atoms with van der Waals surface area (Å²) in [6.45, 7) is 4.67. The van der Waals surface area contributed by atoms with Crippen molar-refractivity contribution in [1.29, 1.82) is 0 Å². The lowest BCUT2D eigenvalue weighted by molar-refractivity contribution is -0.114. The Morgan fingerprint density at radius 2 is 2.05 bits per heavy atom. The van der Waals surface area contributed by atoms with Crippen LogP contribution in [-0.4, -0.2) is 25.2 Å². The summed E-state index contributed by atoms with van der Waals surface area (Å²) in [5.74, 6) is -0.690. The molecule has 0 heterocycles. The molecule has 1 aromatic rings. The predicted octanol–water partition coefficient (Wildman–Crippen LogP) is 1.75. The Bertz CT molecular complexity index is 584. The van der Waals surface area contributed by atoms with Gasteiger partial charge in [0.25, 0.3) is 5.91 Å². The van der Waals surface area contributed by atoms with E-state index in [-0.39, 0.29) is 27.9 Å². The monoisotopic (exact) mass is 296 g/mol. The lowest BCUT2D eigenvalue weighted by Crippen LogP contribution is -2.23. The standard InChI is InChI=1S/C13H13ClN2O4/c1-7(6-17)15-13(19)9-4-10(14)11(16-8(2)18)5-12(9)20-3/h4-6H,1H2,2-3H3,(H,15,19)(H,16,18). The van der Waals surface area contributed by atoms with E-state index >= 15 is 0 Å². The number of methoxy groups -OCH3 is 1. The molecule has 0 saturated carbocycles. The van der Waals surface area contributed by atoms with Crippen LogP contribution in [0, 0.1) is 0 Å². The van der Waals surface area contributed by atoms with E-state index in [4.69, 9.17) is 16.3 Å². The van der Waals surface area contributed by atoms with Crippen LogP contribution in [0.4, 0.5) is 5.69 Å². The van der Waals surface area contributed by atoms with Crippen molar-refractivity contribution in [3.63, 3.8) is 0 Å². The summed E-state index contributed by atoms with van der Waals surface area (Å²) in [6, 6.07) is 2.75. The largest absolute Gasteiger partial charge is 0.496 e. The SMILES string of the molecule is C=C(C=O)NC(=O)c1cc(Cl)c(NC(C)=O)cc1OC. The summed E-state index contributed by atoms with van der Waals surface area (Å²) < 4.78 is 5.07. The lowest BCUT2D eigenvalue weighted by Gasteiger charge is -2.12. The number of hydrogen-bond acceptors (Lipinski definition) is 4. The van der Waals surface area contributed by atoms with Crippen molar-refractivity contribution in [2.75, 3.05) is 12.4 Å². The smallest absolute Gasteiger partial charge is 0.259 e. The van der Waals surface area contributed by atoms with E-state index in [1.807, 2.05) is 0 Å². The van der Waals surface area contributed by atoms with Crippen molar-refractivity contribution < 1.29 is 19.1 Å². The predicted molar refractivity (Wildman–Crippen MR) is 75.0 cm³/mol. The highest BCUT2D eigenvalue weighted by Crippen LogP contribution is 2.31. The fourth-order valence-electron chi connectivity index (χ4n) is 1.43. The van der Waals surface area contributed by atoms with Gasteiger partial charge in [-0.05, 0) is 6.07 Å². The maximum absolute atomic E-state index is 11.9. The minimum absolute atomic E-state index is 0.0842. The molecule has 0 saturated heterocycles. The molecule has 2 N–H and O–H groups in total. The zero-order chi connectivity index (χ0) is 15.3. The molecule has 20 heavy (non-hydrogen) atoms. The van der Waals surface area contributed by atoms with Gasteiger partial charge in [0.1, 0.15) is 5.75 Å². The first-order valence-electron chi connectivity index (χ1n) is 5.49. The van der Waals surface area contributed by atoms with Gasteiger partial charge < -0.3 is 15.4 Å². The molecule has 1 rings (SSSR count). The van der Waals surface area contributed by atoms with E-state index in [9.17, 15) is 14.4 Å². The Morgan fingerprint density at radius 1 is 1.40 bits per heavy atom. The number of anilines is 1. The number of carbonyl (C=O) groups is 3. The van der Waals surface area contributed by atoms with Crippen LogP contribution in [0.5, 0.6) is 5.75 Å². The molecule has 0 atom stereocenters. The van der Waals surface area contributed by atoms with Crippen molar-refractivity contribution in [3.8, 4) is 5.75 Å². The highest BCUT2D eigenvalue weighted by molar-refractivity contribution is 6.34. The van der Waals surface area contributed by atoms with Gasteiger partial charge in [0.2, 0.25) is 5.91 Å². The number of amides is 2. The van der Waals surface area contributed by atoms with Gasteiger partial charge >= 0.3 is 0 Å². The van der Waals surface area contributed by atoms with Gasteiger partial charge in [-0.2, -0.15) is 0 Å². The van der Waals surface area contributed by atoms with E-state index in [2.05, 4.69) is 17.2 Å². The van der Waals surface area contributed by atoms with Crippen LogP contribution in [0.1, 0.15) is 17.3 Å². The quantitative estimate of drug-likeness (QED) is 0.640. The van der Waals surface area contributed by atoms with E-state index < -0.39 is 5.91 Å². The maximum Gasteiger partial charge on any atom is 0.259 e. The Morgan fingerprint density at radius 3 is 2.55 bits per heavy atom. The second-order valence-electron chi connectivity index (χ2n) is 3.81. The molecule has 0 aliphatic carbocycles. The van der Waals surface area contributed by atoms with E-state index in [0.29, 0.717) is 12.0 Å². The molecule has 1 aromatic carbocycles. The molecular weight excluding hydrogens is 284 g/mol. The third-order valence-corrected chi connectivity index (χ3v) is 2.57. The first kappa shape index (κ1) is 15.7. The summed E-state index contributed by atoms with van der Waals surface area (Å²) >= 11 is 5.97. The summed E-state index contributed by atoms with van der Waals surface area (Å²) in [5.41, 5.74) is 0.357. The number of ether oxygens (including phenoxy) is 1. The van der Waals surface area contributed by atoms with Gasteiger partial charge in [-0.1, -0.05) is 18.2 Å². The molecule has 0 spiro atoms. The molecule has 106 valence electrons. The molecule has 0 bridgehead atoms. The first-order valence-corrected chi connectivity index (χ1v) is 5.87. The van der Waals surface area contributed by atoms with Gasteiger partial charge in [-0.3, -0.25) is 14.4 Å². The van der Waals surface area contributed by atoms with Crippen LogP contribution >= 0.6 is 11.6 Å². The van der Waals surface area contributed by atoms with Crippen LogP contribution in [0.25, 0.3) is 0 Å². The Balaban J connectivity index is 3.17. The zero-order valence-corrected chi connectivity index (χ0v) is 11.7. The van der Waals surface area contributed by atoms with E-state index in [0.717, 1.165) is 0 Å². The topological polar surface area (TPSA) is 84.5 Å². The first-order chi connectivity index (χ1) is 9.38. The normalized spacial score (nSPS) is 9.55. The van der Waals surface area contributed by atoms with Crippen molar-refractivity contribution in [2.45, 2.75) is 6.92 Å². The van der Waals surface area contributed by atoms with Crippen molar-refractivity contribution in [1.82, 2.24) is 5.32 Å². The van der Waals surface area contributed by atoms with Crippen molar-refractivity contribution in [2.24, 2.45) is 0 Å². The minimum Gasteiger partial charge on any atom is -0.496 e.